The van der Waals surface area contributed by atoms with Gasteiger partial charge in [0.1, 0.15) is 5.69 Å². The first-order chi connectivity index (χ1) is 19.1. The van der Waals surface area contributed by atoms with Gasteiger partial charge in [-0.3, -0.25) is 14.5 Å². The highest BCUT2D eigenvalue weighted by atomic mass is 32.2. The van der Waals surface area contributed by atoms with Gasteiger partial charge in [0.2, 0.25) is 0 Å². The van der Waals surface area contributed by atoms with Gasteiger partial charge in [0.25, 0.3) is 15.9 Å². The zero-order chi connectivity index (χ0) is 28.3. The standard InChI is InChI=1S/C32H32N4O3S/c1-32(2,3)23-12-15-26(16-13-23)40(38,39)36-25-14-17-28-27(21-25)29(22-9-5-4-6-10-22)30(35-28)31(37)34-20-18-24-11-7-8-19-33-24/h4-17,19,21,35-36H,18,20H2,1-3H3,(H,34,37). The summed E-state index contributed by atoms with van der Waals surface area (Å²) in [6.45, 7) is 6.68. The van der Waals surface area contributed by atoms with Gasteiger partial charge in [-0.25, -0.2) is 8.42 Å². The minimum absolute atomic E-state index is 0.0781. The maximum absolute atomic E-state index is 13.3. The number of pyridine rings is 1. The Kier molecular flexibility index (Phi) is 7.45. The summed E-state index contributed by atoms with van der Waals surface area (Å²) in [4.78, 5) is 21.1. The third-order valence-corrected chi connectivity index (χ3v) is 8.16. The minimum atomic E-state index is -3.82. The summed E-state index contributed by atoms with van der Waals surface area (Å²) in [5, 5.41) is 3.73. The number of H-pyrrole nitrogens is 1. The topological polar surface area (TPSA) is 104 Å². The maximum atomic E-state index is 13.3. The number of hydrogen-bond donors (Lipinski definition) is 3. The van der Waals surface area contributed by atoms with Crippen LogP contribution in [0.3, 0.4) is 0 Å². The molecule has 3 N–H and O–H groups in total. The molecule has 5 rings (SSSR count). The van der Waals surface area contributed by atoms with Crippen molar-refractivity contribution in [2.45, 2.75) is 37.5 Å². The summed E-state index contributed by atoms with van der Waals surface area (Å²) in [6.07, 6.45) is 2.34. The van der Waals surface area contributed by atoms with E-state index in [0.717, 1.165) is 27.7 Å². The first-order valence-electron chi connectivity index (χ1n) is 13.1. The first-order valence-corrected chi connectivity index (χ1v) is 14.6. The van der Waals surface area contributed by atoms with Crippen LogP contribution in [0, 0.1) is 0 Å². The molecule has 0 aliphatic heterocycles. The second kappa shape index (κ2) is 11.0. The number of fused-ring (bicyclic) bond motifs is 1. The monoisotopic (exact) mass is 552 g/mol. The highest BCUT2D eigenvalue weighted by Crippen LogP contribution is 2.35. The largest absolute Gasteiger partial charge is 0.350 e. The fraction of sp³-hybridized carbons (Fsp3) is 0.188. The quantitative estimate of drug-likeness (QED) is 0.210. The molecule has 0 unspecified atom stereocenters. The molecule has 0 bridgehead atoms. The first kappa shape index (κ1) is 27.1. The number of carbonyl (C=O) groups excluding carboxylic acids is 1. The fourth-order valence-electron chi connectivity index (χ4n) is 4.62. The Labute approximate surface area is 234 Å². The van der Waals surface area contributed by atoms with E-state index in [4.69, 9.17) is 0 Å². The number of amides is 1. The lowest BCUT2D eigenvalue weighted by atomic mass is 9.87. The highest BCUT2D eigenvalue weighted by Gasteiger charge is 2.21. The third-order valence-electron chi connectivity index (χ3n) is 6.76. The number of carbonyl (C=O) groups is 1. The molecule has 0 spiro atoms. The van der Waals surface area contributed by atoms with E-state index in [2.05, 4.69) is 40.8 Å². The van der Waals surface area contributed by atoms with Gasteiger partial charge >= 0.3 is 0 Å². The van der Waals surface area contributed by atoms with Crippen molar-refractivity contribution in [3.8, 4) is 11.1 Å². The number of aromatic nitrogens is 2. The Balaban J connectivity index is 1.45. The van der Waals surface area contributed by atoms with Crippen molar-refractivity contribution in [2.24, 2.45) is 0 Å². The molecule has 0 fully saturated rings. The van der Waals surface area contributed by atoms with Crippen LogP contribution in [-0.2, 0) is 21.9 Å². The average molecular weight is 553 g/mol. The van der Waals surface area contributed by atoms with E-state index in [1.54, 1.807) is 36.5 Å². The SMILES string of the molecule is CC(C)(C)c1ccc(S(=O)(=O)Nc2ccc3[nH]c(C(=O)NCCc4ccccn4)c(-c4ccccc4)c3c2)cc1. The molecule has 204 valence electrons. The number of hydrogen-bond acceptors (Lipinski definition) is 4. The second-order valence-electron chi connectivity index (χ2n) is 10.7. The molecule has 5 aromatic rings. The summed E-state index contributed by atoms with van der Waals surface area (Å²) < 4.78 is 29.1. The van der Waals surface area contributed by atoms with Crippen LogP contribution in [-0.4, -0.2) is 30.8 Å². The number of rotatable bonds is 8. The van der Waals surface area contributed by atoms with Gasteiger partial charge in [0.05, 0.1) is 4.90 Å². The molecule has 1 amide bonds. The van der Waals surface area contributed by atoms with E-state index in [0.29, 0.717) is 29.9 Å². The molecule has 7 nitrogen and oxygen atoms in total. The Morgan fingerprint density at radius 1 is 0.900 bits per heavy atom. The van der Waals surface area contributed by atoms with Crippen LogP contribution in [0.4, 0.5) is 5.69 Å². The molecule has 2 aromatic heterocycles. The van der Waals surface area contributed by atoms with Crippen molar-refractivity contribution in [3.05, 3.63) is 114 Å². The van der Waals surface area contributed by atoms with Gasteiger partial charge in [-0.2, -0.15) is 0 Å². The van der Waals surface area contributed by atoms with Crippen LogP contribution in [0.25, 0.3) is 22.0 Å². The molecule has 8 heteroatoms. The minimum Gasteiger partial charge on any atom is -0.350 e. The Morgan fingerprint density at radius 3 is 2.30 bits per heavy atom. The molecule has 0 aliphatic carbocycles. The summed E-state index contributed by atoms with van der Waals surface area (Å²) in [7, 11) is -3.82. The summed E-state index contributed by atoms with van der Waals surface area (Å²) >= 11 is 0. The molecule has 3 aromatic carbocycles. The van der Waals surface area contributed by atoms with Crippen molar-refractivity contribution in [2.75, 3.05) is 11.3 Å². The second-order valence-corrected chi connectivity index (χ2v) is 12.4. The Morgan fingerprint density at radius 2 is 1.62 bits per heavy atom. The lowest BCUT2D eigenvalue weighted by Gasteiger charge is -2.19. The van der Waals surface area contributed by atoms with Gasteiger partial charge in [0.15, 0.2) is 0 Å². The zero-order valence-electron chi connectivity index (χ0n) is 22.7. The van der Waals surface area contributed by atoms with E-state index in [1.165, 1.54) is 0 Å². The van der Waals surface area contributed by atoms with Gasteiger partial charge in [0, 0.05) is 47.0 Å². The lowest BCUT2D eigenvalue weighted by Crippen LogP contribution is -2.26. The van der Waals surface area contributed by atoms with Gasteiger partial charge in [-0.15, -0.1) is 0 Å². The van der Waals surface area contributed by atoms with Crippen molar-refractivity contribution < 1.29 is 13.2 Å². The molecule has 0 atom stereocenters. The van der Waals surface area contributed by atoms with Crippen molar-refractivity contribution in [3.63, 3.8) is 0 Å². The molecule has 0 saturated carbocycles. The van der Waals surface area contributed by atoms with Crippen LogP contribution < -0.4 is 10.0 Å². The van der Waals surface area contributed by atoms with Crippen molar-refractivity contribution in [1.82, 2.24) is 15.3 Å². The van der Waals surface area contributed by atoms with E-state index < -0.39 is 10.0 Å². The molecule has 0 radical (unpaired) electrons. The maximum Gasteiger partial charge on any atom is 0.268 e. The average Bonchev–Trinajstić information content (AvgIpc) is 3.32. The number of aromatic amines is 1. The van der Waals surface area contributed by atoms with Gasteiger partial charge in [-0.05, 0) is 59.0 Å². The summed E-state index contributed by atoms with van der Waals surface area (Å²) in [5.41, 5.74) is 4.98. The predicted molar refractivity (Wildman–Crippen MR) is 160 cm³/mol. The van der Waals surface area contributed by atoms with Crippen LogP contribution in [0.1, 0.15) is 42.5 Å². The van der Waals surface area contributed by atoms with Crippen LogP contribution in [0.15, 0.2) is 102 Å². The number of benzene rings is 3. The fourth-order valence-corrected chi connectivity index (χ4v) is 5.67. The number of nitrogens with zero attached hydrogens (tertiary/aromatic N) is 1. The normalized spacial score (nSPS) is 11.9. The van der Waals surface area contributed by atoms with Gasteiger partial charge < -0.3 is 10.3 Å². The van der Waals surface area contributed by atoms with E-state index in [1.807, 2.05) is 60.7 Å². The van der Waals surface area contributed by atoms with Crippen LogP contribution in [0.2, 0.25) is 0 Å². The molecular weight excluding hydrogens is 520 g/mol. The highest BCUT2D eigenvalue weighted by molar-refractivity contribution is 7.92. The van der Waals surface area contributed by atoms with Crippen LogP contribution in [0.5, 0.6) is 0 Å². The molecule has 40 heavy (non-hydrogen) atoms. The lowest BCUT2D eigenvalue weighted by molar-refractivity contribution is 0.0950. The van der Waals surface area contributed by atoms with E-state index in [-0.39, 0.29) is 16.2 Å². The molecular formula is C32H32N4O3S. The van der Waals surface area contributed by atoms with Gasteiger partial charge in [-0.1, -0.05) is 69.3 Å². The summed E-state index contributed by atoms with van der Waals surface area (Å²) in [5.74, 6) is -0.243. The Bertz CT molecular complexity index is 1740. The molecule has 0 aliphatic rings. The number of anilines is 1. The predicted octanol–water partition coefficient (Wildman–Crippen LogP) is 6.30. The third kappa shape index (κ3) is 5.92. The smallest absolute Gasteiger partial charge is 0.268 e. The van der Waals surface area contributed by atoms with E-state index >= 15 is 0 Å². The Hall–Kier alpha value is -4.43. The zero-order valence-corrected chi connectivity index (χ0v) is 23.5. The van der Waals surface area contributed by atoms with Crippen molar-refractivity contribution >= 4 is 32.5 Å². The number of sulfonamides is 1. The summed E-state index contributed by atoms with van der Waals surface area (Å²) in [6, 6.07) is 27.5. The molecule has 0 saturated heterocycles. The van der Waals surface area contributed by atoms with Crippen LogP contribution >= 0.6 is 0 Å². The molecule has 2 heterocycles. The number of nitrogens with one attached hydrogen (secondary N) is 3. The van der Waals surface area contributed by atoms with Crippen molar-refractivity contribution in [1.29, 1.82) is 0 Å². The van der Waals surface area contributed by atoms with E-state index in [9.17, 15) is 13.2 Å².